The zero-order valence-corrected chi connectivity index (χ0v) is 10.4. The van der Waals surface area contributed by atoms with Gasteiger partial charge in [-0.15, -0.1) is 0 Å². The highest BCUT2D eigenvalue weighted by atomic mass is 16.3. The molecule has 0 amide bonds. The minimum atomic E-state index is 0.222. The van der Waals surface area contributed by atoms with Crippen LogP contribution in [0.3, 0.4) is 0 Å². The van der Waals surface area contributed by atoms with Gasteiger partial charge in [-0.3, -0.25) is 0 Å². The molecule has 0 saturated heterocycles. The maximum atomic E-state index is 9.81. The molecule has 0 fully saturated rings. The van der Waals surface area contributed by atoms with E-state index in [1.807, 2.05) is 24.3 Å². The Bertz CT molecular complexity index is 547. The Morgan fingerprint density at radius 2 is 1.61 bits per heavy atom. The molecule has 0 aliphatic rings. The highest BCUT2D eigenvalue weighted by Crippen LogP contribution is 2.27. The average Bonchev–Trinajstić information content (AvgIpc) is 2.34. The van der Waals surface area contributed by atoms with Gasteiger partial charge in [0, 0.05) is 5.69 Å². The lowest BCUT2D eigenvalue weighted by atomic mass is 10.0. The van der Waals surface area contributed by atoms with E-state index in [-0.39, 0.29) is 11.5 Å². The van der Waals surface area contributed by atoms with Crippen LogP contribution >= 0.6 is 0 Å². The molecule has 3 heteroatoms. The standard InChI is InChI=1S/C15H17NO2/c1-10-8-15(18)12(9-14(10)17)5-2-11-3-6-13(16)7-4-11/h3-4,6-9,17-18H,2,5,16H2,1H3. The molecule has 0 spiro atoms. The molecule has 94 valence electrons. The summed E-state index contributed by atoms with van der Waals surface area (Å²) in [7, 11) is 0. The van der Waals surface area contributed by atoms with E-state index in [9.17, 15) is 10.2 Å². The number of rotatable bonds is 3. The summed E-state index contributed by atoms with van der Waals surface area (Å²) in [6, 6.07) is 10.9. The molecule has 18 heavy (non-hydrogen) atoms. The highest BCUT2D eigenvalue weighted by molar-refractivity contribution is 5.45. The smallest absolute Gasteiger partial charge is 0.119 e. The SMILES string of the molecule is Cc1cc(O)c(CCc2ccc(N)cc2)cc1O. The number of hydrogen-bond acceptors (Lipinski definition) is 3. The monoisotopic (exact) mass is 243 g/mol. The van der Waals surface area contributed by atoms with Gasteiger partial charge in [-0.1, -0.05) is 12.1 Å². The molecule has 2 rings (SSSR count). The summed E-state index contributed by atoms with van der Waals surface area (Å²) < 4.78 is 0. The Balaban J connectivity index is 2.10. The third-order valence-electron chi connectivity index (χ3n) is 3.06. The first-order chi connectivity index (χ1) is 8.56. The first-order valence-corrected chi connectivity index (χ1v) is 5.92. The number of phenols is 2. The van der Waals surface area contributed by atoms with Gasteiger partial charge in [0.05, 0.1) is 0 Å². The normalized spacial score (nSPS) is 10.5. The number of benzene rings is 2. The van der Waals surface area contributed by atoms with Gasteiger partial charge >= 0.3 is 0 Å². The Morgan fingerprint density at radius 1 is 0.944 bits per heavy atom. The van der Waals surface area contributed by atoms with Crippen LogP contribution in [-0.2, 0) is 12.8 Å². The van der Waals surface area contributed by atoms with Crippen LogP contribution in [0.15, 0.2) is 36.4 Å². The highest BCUT2D eigenvalue weighted by Gasteiger charge is 2.06. The van der Waals surface area contributed by atoms with E-state index in [4.69, 9.17) is 5.73 Å². The number of nitrogens with two attached hydrogens (primary N) is 1. The lowest BCUT2D eigenvalue weighted by Crippen LogP contribution is -1.93. The number of nitrogen functional groups attached to an aromatic ring is 1. The zero-order valence-electron chi connectivity index (χ0n) is 10.4. The maximum Gasteiger partial charge on any atom is 0.119 e. The Morgan fingerprint density at radius 3 is 2.28 bits per heavy atom. The van der Waals surface area contributed by atoms with Gasteiger partial charge < -0.3 is 15.9 Å². The molecule has 0 heterocycles. The van der Waals surface area contributed by atoms with Crippen LogP contribution < -0.4 is 5.73 Å². The van der Waals surface area contributed by atoms with Crippen molar-refractivity contribution < 1.29 is 10.2 Å². The summed E-state index contributed by atoms with van der Waals surface area (Å²) in [5.41, 5.74) is 8.97. The van der Waals surface area contributed by atoms with E-state index in [1.54, 1.807) is 19.1 Å². The predicted octanol–water partition coefficient (Wildman–Crippen LogP) is 2.77. The van der Waals surface area contributed by atoms with Gasteiger partial charge in [-0.25, -0.2) is 0 Å². The van der Waals surface area contributed by atoms with Crippen molar-refractivity contribution in [1.29, 1.82) is 0 Å². The van der Waals surface area contributed by atoms with Gasteiger partial charge in [0.2, 0.25) is 0 Å². The lowest BCUT2D eigenvalue weighted by Gasteiger charge is -2.08. The van der Waals surface area contributed by atoms with Crippen LogP contribution in [0.25, 0.3) is 0 Å². The first-order valence-electron chi connectivity index (χ1n) is 5.92. The molecule has 0 aromatic heterocycles. The molecule has 0 saturated carbocycles. The van der Waals surface area contributed by atoms with E-state index in [0.29, 0.717) is 12.0 Å². The van der Waals surface area contributed by atoms with E-state index >= 15 is 0 Å². The third kappa shape index (κ3) is 2.74. The van der Waals surface area contributed by atoms with Crippen molar-refractivity contribution >= 4 is 5.69 Å². The van der Waals surface area contributed by atoms with Crippen molar-refractivity contribution in [2.45, 2.75) is 19.8 Å². The summed E-state index contributed by atoms with van der Waals surface area (Å²) in [6.45, 7) is 1.76. The summed E-state index contributed by atoms with van der Waals surface area (Å²) in [6.07, 6.45) is 1.49. The van der Waals surface area contributed by atoms with Crippen LogP contribution in [0, 0.1) is 6.92 Å². The van der Waals surface area contributed by atoms with Crippen LogP contribution in [0.4, 0.5) is 5.69 Å². The van der Waals surface area contributed by atoms with Crippen LogP contribution in [0.2, 0.25) is 0 Å². The Kier molecular flexibility index (Phi) is 3.42. The number of phenolic OH excluding ortho intramolecular Hbond substituents is 2. The van der Waals surface area contributed by atoms with E-state index in [0.717, 1.165) is 23.2 Å². The second-order valence-corrected chi connectivity index (χ2v) is 4.51. The summed E-state index contributed by atoms with van der Waals surface area (Å²) in [5, 5.41) is 19.4. The van der Waals surface area contributed by atoms with Crippen molar-refractivity contribution in [3.63, 3.8) is 0 Å². The minimum Gasteiger partial charge on any atom is -0.508 e. The molecule has 0 bridgehead atoms. The van der Waals surface area contributed by atoms with Crippen molar-refractivity contribution in [2.75, 3.05) is 5.73 Å². The van der Waals surface area contributed by atoms with Crippen LogP contribution in [-0.4, -0.2) is 10.2 Å². The molecule has 3 nitrogen and oxygen atoms in total. The quantitative estimate of drug-likeness (QED) is 0.573. The molecular weight excluding hydrogens is 226 g/mol. The molecule has 0 atom stereocenters. The molecule has 0 aliphatic carbocycles. The van der Waals surface area contributed by atoms with Gasteiger partial charge in [0.15, 0.2) is 0 Å². The van der Waals surface area contributed by atoms with Gasteiger partial charge in [-0.2, -0.15) is 0 Å². The molecule has 2 aromatic carbocycles. The average molecular weight is 243 g/mol. The topological polar surface area (TPSA) is 66.5 Å². The molecule has 0 unspecified atom stereocenters. The van der Waals surface area contributed by atoms with Crippen molar-refractivity contribution in [3.8, 4) is 11.5 Å². The van der Waals surface area contributed by atoms with Crippen molar-refractivity contribution in [3.05, 3.63) is 53.1 Å². The van der Waals surface area contributed by atoms with Crippen LogP contribution in [0.1, 0.15) is 16.7 Å². The predicted molar refractivity (Wildman–Crippen MR) is 72.8 cm³/mol. The molecule has 0 aliphatic heterocycles. The number of aromatic hydroxyl groups is 2. The van der Waals surface area contributed by atoms with E-state index in [2.05, 4.69) is 0 Å². The van der Waals surface area contributed by atoms with Crippen molar-refractivity contribution in [2.24, 2.45) is 0 Å². The molecule has 0 radical (unpaired) electrons. The van der Waals surface area contributed by atoms with E-state index in [1.165, 1.54) is 0 Å². The summed E-state index contributed by atoms with van der Waals surface area (Å²) in [4.78, 5) is 0. The largest absolute Gasteiger partial charge is 0.508 e. The summed E-state index contributed by atoms with van der Waals surface area (Å²) in [5.74, 6) is 0.459. The lowest BCUT2D eigenvalue weighted by molar-refractivity contribution is 0.451. The molecular formula is C15H17NO2. The first kappa shape index (κ1) is 12.3. The van der Waals surface area contributed by atoms with Gasteiger partial charge in [0.25, 0.3) is 0 Å². The second kappa shape index (κ2) is 5.00. The second-order valence-electron chi connectivity index (χ2n) is 4.51. The Hall–Kier alpha value is -2.16. The van der Waals surface area contributed by atoms with Crippen LogP contribution in [0.5, 0.6) is 11.5 Å². The third-order valence-corrected chi connectivity index (χ3v) is 3.06. The maximum absolute atomic E-state index is 9.81. The fourth-order valence-electron chi connectivity index (χ4n) is 1.89. The van der Waals surface area contributed by atoms with Gasteiger partial charge in [0.1, 0.15) is 11.5 Å². The van der Waals surface area contributed by atoms with E-state index < -0.39 is 0 Å². The number of anilines is 1. The number of aryl methyl sites for hydroxylation is 3. The fraction of sp³-hybridized carbons (Fsp3) is 0.200. The summed E-state index contributed by atoms with van der Waals surface area (Å²) >= 11 is 0. The zero-order chi connectivity index (χ0) is 13.1. The number of hydrogen-bond donors (Lipinski definition) is 3. The molecule has 4 N–H and O–H groups in total. The Labute approximate surface area is 107 Å². The minimum absolute atomic E-state index is 0.222. The molecule has 2 aromatic rings. The van der Waals surface area contributed by atoms with Gasteiger partial charge in [-0.05, 0) is 60.7 Å². The fourth-order valence-corrected chi connectivity index (χ4v) is 1.89. The van der Waals surface area contributed by atoms with Crippen molar-refractivity contribution in [1.82, 2.24) is 0 Å².